The fraction of sp³-hybridized carbons (Fsp3) is 0.250. The molecule has 0 aromatic heterocycles. The van der Waals surface area contributed by atoms with Gasteiger partial charge in [0.25, 0.3) is 0 Å². The second-order valence-corrected chi connectivity index (χ2v) is 4.87. The standard InChI is InChI=1S/C16H15F4N/c1-10-3-8-14(17)13(9-10)15(21-2)11-4-6-12(7-5-11)16(18,19)20/h3-9,15,21H,1-2H3. The number of hydrogen-bond donors (Lipinski definition) is 1. The lowest BCUT2D eigenvalue weighted by molar-refractivity contribution is -0.137. The van der Waals surface area contributed by atoms with Crippen molar-refractivity contribution < 1.29 is 17.6 Å². The van der Waals surface area contributed by atoms with Crippen LogP contribution in [-0.4, -0.2) is 7.05 Å². The molecule has 21 heavy (non-hydrogen) atoms. The summed E-state index contributed by atoms with van der Waals surface area (Å²) < 4.78 is 51.6. The average molecular weight is 297 g/mol. The number of halogens is 4. The van der Waals surface area contributed by atoms with Crippen molar-refractivity contribution in [3.63, 3.8) is 0 Å². The maximum absolute atomic E-state index is 13.9. The SMILES string of the molecule is CNC(c1ccc(C(F)(F)F)cc1)c1cc(C)ccc1F. The molecule has 0 aliphatic rings. The van der Waals surface area contributed by atoms with E-state index >= 15 is 0 Å². The predicted octanol–water partition coefficient (Wildman–Crippen LogP) is 4.46. The minimum atomic E-state index is -4.37. The van der Waals surface area contributed by atoms with Crippen LogP contribution in [0.4, 0.5) is 17.6 Å². The van der Waals surface area contributed by atoms with Crippen LogP contribution in [0, 0.1) is 12.7 Å². The largest absolute Gasteiger partial charge is 0.416 e. The van der Waals surface area contributed by atoms with Crippen molar-refractivity contribution in [3.8, 4) is 0 Å². The van der Waals surface area contributed by atoms with E-state index in [1.165, 1.54) is 18.2 Å². The minimum Gasteiger partial charge on any atom is -0.309 e. The monoisotopic (exact) mass is 297 g/mol. The third-order valence-corrected chi connectivity index (χ3v) is 3.32. The second kappa shape index (κ2) is 5.85. The highest BCUT2D eigenvalue weighted by Gasteiger charge is 2.30. The summed E-state index contributed by atoms with van der Waals surface area (Å²) in [4.78, 5) is 0. The number of aryl methyl sites for hydroxylation is 1. The van der Waals surface area contributed by atoms with E-state index in [2.05, 4.69) is 5.32 Å². The Balaban J connectivity index is 2.40. The van der Waals surface area contributed by atoms with Crippen molar-refractivity contribution in [2.75, 3.05) is 7.05 Å². The van der Waals surface area contributed by atoms with Crippen molar-refractivity contribution in [1.29, 1.82) is 0 Å². The third-order valence-electron chi connectivity index (χ3n) is 3.32. The van der Waals surface area contributed by atoms with Crippen molar-refractivity contribution >= 4 is 0 Å². The lowest BCUT2D eigenvalue weighted by Gasteiger charge is -2.19. The Hall–Kier alpha value is -1.88. The van der Waals surface area contributed by atoms with Crippen LogP contribution in [0.1, 0.15) is 28.3 Å². The van der Waals surface area contributed by atoms with E-state index < -0.39 is 17.8 Å². The highest BCUT2D eigenvalue weighted by atomic mass is 19.4. The number of benzene rings is 2. The number of nitrogens with one attached hydrogen (secondary N) is 1. The molecule has 0 saturated heterocycles. The van der Waals surface area contributed by atoms with Gasteiger partial charge in [0.05, 0.1) is 11.6 Å². The highest BCUT2D eigenvalue weighted by Crippen LogP contribution is 2.31. The Kier molecular flexibility index (Phi) is 4.32. The molecule has 5 heteroatoms. The molecule has 2 rings (SSSR count). The van der Waals surface area contributed by atoms with E-state index in [1.54, 1.807) is 19.2 Å². The number of alkyl halides is 3. The topological polar surface area (TPSA) is 12.0 Å². The molecule has 1 N–H and O–H groups in total. The van der Waals surface area contributed by atoms with Gasteiger partial charge in [-0.05, 0) is 37.7 Å². The Morgan fingerprint density at radius 2 is 1.62 bits per heavy atom. The molecule has 0 heterocycles. The molecule has 112 valence electrons. The molecule has 2 aromatic rings. The Labute approximate surface area is 120 Å². The van der Waals surface area contributed by atoms with Gasteiger partial charge in [0.1, 0.15) is 5.82 Å². The van der Waals surface area contributed by atoms with Crippen LogP contribution in [0.15, 0.2) is 42.5 Å². The van der Waals surface area contributed by atoms with Crippen LogP contribution in [0.5, 0.6) is 0 Å². The van der Waals surface area contributed by atoms with Gasteiger partial charge in [0.2, 0.25) is 0 Å². The lowest BCUT2D eigenvalue weighted by Crippen LogP contribution is -2.19. The zero-order valence-corrected chi connectivity index (χ0v) is 11.6. The summed E-state index contributed by atoms with van der Waals surface area (Å²) in [5.74, 6) is -0.389. The van der Waals surface area contributed by atoms with Crippen molar-refractivity contribution in [1.82, 2.24) is 5.32 Å². The van der Waals surface area contributed by atoms with Crippen LogP contribution >= 0.6 is 0 Å². The molecule has 0 aliphatic carbocycles. The second-order valence-electron chi connectivity index (χ2n) is 4.87. The van der Waals surface area contributed by atoms with Gasteiger partial charge in [0, 0.05) is 5.56 Å². The smallest absolute Gasteiger partial charge is 0.309 e. The molecule has 1 unspecified atom stereocenters. The third kappa shape index (κ3) is 3.42. The molecule has 1 nitrogen and oxygen atoms in total. The quantitative estimate of drug-likeness (QED) is 0.825. The molecule has 0 saturated carbocycles. The lowest BCUT2D eigenvalue weighted by atomic mass is 9.96. The first-order valence-electron chi connectivity index (χ1n) is 6.43. The Morgan fingerprint density at radius 1 is 1.00 bits per heavy atom. The maximum atomic E-state index is 13.9. The maximum Gasteiger partial charge on any atom is 0.416 e. The molecule has 0 radical (unpaired) electrons. The first-order valence-corrected chi connectivity index (χ1v) is 6.43. The van der Waals surface area contributed by atoms with Gasteiger partial charge in [-0.15, -0.1) is 0 Å². The summed E-state index contributed by atoms with van der Waals surface area (Å²) in [5, 5.41) is 2.94. The zero-order chi connectivity index (χ0) is 15.6. The predicted molar refractivity (Wildman–Crippen MR) is 73.5 cm³/mol. The summed E-state index contributed by atoms with van der Waals surface area (Å²) in [6.07, 6.45) is -4.37. The van der Waals surface area contributed by atoms with E-state index in [0.29, 0.717) is 11.1 Å². The molecule has 0 spiro atoms. The van der Waals surface area contributed by atoms with Gasteiger partial charge >= 0.3 is 6.18 Å². The summed E-state index contributed by atoms with van der Waals surface area (Å²) in [5.41, 5.74) is 1.16. The molecule has 0 bridgehead atoms. The number of hydrogen-bond acceptors (Lipinski definition) is 1. The van der Waals surface area contributed by atoms with Gasteiger partial charge in [-0.1, -0.05) is 29.8 Å². The average Bonchev–Trinajstić information content (AvgIpc) is 2.43. The van der Waals surface area contributed by atoms with E-state index in [0.717, 1.165) is 17.7 Å². The first kappa shape index (κ1) is 15.5. The fourth-order valence-corrected chi connectivity index (χ4v) is 2.25. The van der Waals surface area contributed by atoms with E-state index in [-0.39, 0.29) is 5.82 Å². The normalized spacial score (nSPS) is 13.2. The summed E-state index contributed by atoms with van der Waals surface area (Å²) in [7, 11) is 1.64. The van der Waals surface area contributed by atoms with Crippen LogP contribution < -0.4 is 5.32 Å². The van der Waals surface area contributed by atoms with Gasteiger partial charge in [0.15, 0.2) is 0 Å². The molecule has 0 fully saturated rings. The Morgan fingerprint density at radius 3 is 2.14 bits per heavy atom. The van der Waals surface area contributed by atoms with E-state index in [9.17, 15) is 17.6 Å². The van der Waals surface area contributed by atoms with Crippen LogP contribution in [0.25, 0.3) is 0 Å². The van der Waals surface area contributed by atoms with Gasteiger partial charge in [-0.25, -0.2) is 4.39 Å². The summed E-state index contributed by atoms with van der Waals surface area (Å²) in [6.45, 7) is 1.84. The Bertz CT molecular complexity index is 617. The van der Waals surface area contributed by atoms with Crippen LogP contribution in [-0.2, 0) is 6.18 Å². The minimum absolute atomic E-state index is 0.389. The van der Waals surface area contributed by atoms with Gasteiger partial charge < -0.3 is 5.32 Å². The highest BCUT2D eigenvalue weighted by molar-refractivity contribution is 5.36. The molecule has 1 atom stereocenters. The first-order chi connectivity index (χ1) is 9.82. The van der Waals surface area contributed by atoms with Gasteiger partial charge in [-0.3, -0.25) is 0 Å². The van der Waals surface area contributed by atoms with Gasteiger partial charge in [-0.2, -0.15) is 13.2 Å². The zero-order valence-electron chi connectivity index (χ0n) is 11.6. The summed E-state index contributed by atoms with van der Waals surface area (Å²) >= 11 is 0. The van der Waals surface area contributed by atoms with E-state index in [1.807, 2.05) is 6.92 Å². The summed E-state index contributed by atoms with van der Waals surface area (Å²) in [6, 6.07) is 8.95. The molecular formula is C16H15F4N. The van der Waals surface area contributed by atoms with Crippen LogP contribution in [0.3, 0.4) is 0 Å². The molecule has 0 amide bonds. The van der Waals surface area contributed by atoms with Crippen molar-refractivity contribution in [2.24, 2.45) is 0 Å². The molecule has 2 aromatic carbocycles. The van der Waals surface area contributed by atoms with Crippen molar-refractivity contribution in [3.05, 3.63) is 70.5 Å². The number of rotatable bonds is 3. The van der Waals surface area contributed by atoms with Crippen LogP contribution in [0.2, 0.25) is 0 Å². The van der Waals surface area contributed by atoms with E-state index in [4.69, 9.17) is 0 Å². The fourth-order valence-electron chi connectivity index (χ4n) is 2.25. The molecular weight excluding hydrogens is 282 g/mol. The van der Waals surface area contributed by atoms with Crippen molar-refractivity contribution in [2.45, 2.75) is 19.1 Å². The molecule has 0 aliphatic heterocycles.